The van der Waals surface area contributed by atoms with Crippen LogP contribution in [-0.2, 0) is 0 Å². The Labute approximate surface area is 119 Å². The van der Waals surface area contributed by atoms with Gasteiger partial charge in [-0.3, -0.25) is 4.98 Å². The normalized spacial score (nSPS) is 11.0. The van der Waals surface area contributed by atoms with E-state index in [1.807, 2.05) is 6.92 Å². The number of hydrogen-bond donors (Lipinski definition) is 2. The molecule has 1 aromatic heterocycles. The Morgan fingerprint density at radius 3 is 2.67 bits per heavy atom. The molecule has 0 saturated carbocycles. The molecule has 0 radical (unpaired) electrons. The van der Waals surface area contributed by atoms with Crippen molar-refractivity contribution in [3.63, 3.8) is 0 Å². The van der Waals surface area contributed by atoms with Gasteiger partial charge in [0.15, 0.2) is 5.82 Å². The lowest BCUT2D eigenvalue weighted by Gasteiger charge is -2.11. The molecule has 2 rings (SSSR count). The first kappa shape index (κ1) is 14.9. The van der Waals surface area contributed by atoms with Gasteiger partial charge in [-0.2, -0.15) is 0 Å². The second-order valence-electron chi connectivity index (χ2n) is 4.02. The molecule has 1 aromatic carbocycles. The van der Waals surface area contributed by atoms with Crippen molar-refractivity contribution in [3.05, 3.63) is 36.7 Å². The van der Waals surface area contributed by atoms with E-state index in [4.69, 9.17) is 0 Å². The maximum Gasteiger partial charge on any atom is 0.573 e. The van der Waals surface area contributed by atoms with Gasteiger partial charge in [-0.05, 0) is 19.1 Å². The molecule has 0 unspecified atom stereocenters. The molecule has 0 aliphatic rings. The van der Waals surface area contributed by atoms with Gasteiger partial charge in [0.2, 0.25) is 0 Å². The maximum absolute atomic E-state index is 12.2. The topological polar surface area (TPSA) is 59.1 Å². The molecule has 0 fully saturated rings. The van der Waals surface area contributed by atoms with E-state index in [0.29, 0.717) is 23.9 Å². The first-order valence-corrected chi connectivity index (χ1v) is 6.15. The van der Waals surface area contributed by atoms with Crippen molar-refractivity contribution >= 4 is 17.3 Å². The first-order valence-electron chi connectivity index (χ1n) is 6.15. The van der Waals surface area contributed by atoms with Gasteiger partial charge < -0.3 is 15.4 Å². The number of nitrogens with zero attached hydrogens (tertiary/aromatic N) is 2. The van der Waals surface area contributed by atoms with Crippen LogP contribution in [0.3, 0.4) is 0 Å². The monoisotopic (exact) mass is 298 g/mol. The van der Waals surface area contributed by atoms with Gasteiger partial charge in [0.1, 0.15) is 11.6 Å². The van der Waals surface area contributed by atoms with Crippen LogP contribution in [0.4, 0.5) is 30.5 Å². The zero-order valence-electron chi connectivity index (χ0n) is 11.1. The quantitative estimate of drug-likeness (QED) is 0.884. The van der Waals surface area contributed by atoms with Crippen LogP contribution < -0.4 is 15.4 Å². The van der Waals surface area contributed by atoms with E-state index < -0.39 is 6.36 Å². The predicted octanol–water partition coefficient (Wildman–Crippen LogP) is 3.55. The summed E-state index contributed by atoms with van der Waals surface area (Å²) < 4.78 is 40.3. The molecule has 0 aliphatic carbocycles. The minimum absolute atomic E-state index is 0.303. The molecule has 0 aliphatic heterocycles. The third-order valence-electron chi connectivity index (χ3n) is 2.33. The molecule has 0 amide bonds. The molecule has 8 heteroatoms. The molecule has 1 heterocycles. The number of aromatic nitrogens is 2. The molecule has 5 nitrogen and oxygen atoms in total. The molecule has 2 N–H and O–H groups in total. The van der Waals surface area contributed by atoms with Crippen molar-refractivity contribution in [3.8, 4) is 5.75 Å². The number of alkyl halides is 3. The number of nitrogens with one attached hydrogen (secondary N) is 2. The third kappa shape index (κ3) is 4.83. The van der Waals surface area contributed by atoms with Gasteiger partial charge in [0, 0.05) is 18.3 Å². The molecule has 112 valence electrons. The zero-order valence-corrected chi connectivity index (χ0v) is 11.1. The van der Waals surface area contributed by atoms with Crippen molar-refractivity contribution in [2.24, 2.45) is 0 Å². The van der Waals surface area contributed by atoms with E-state index in [1.165, 1.54) is 24.4 Å². The minimum Gasteiger partial charge on any atom is -0.406 e. The average molecular weight is 298 g/mol. The fraction of sp³-hybridized carbons (Fsp3) is 0.231. The third-order valence-corrected chi connectivity index (χ3v) is 2.33. The second kappa shape index (κ2) is 6.29. The summed E-state index contributed by atoms with van der Waals surface area (Å²) in [5.41, 5.74) is 0.416. The zero-order chi connectivity index (χ0) is 15.3. The van der Waals surface area contributed by atoms with Crippen LogP contribution in [0.1, 0.15) is 6.92 Å². The Hall–Kier alpha value is -2.51. The molecular weight excluding hydrogens is 285 g/mol. The van der Waals surface area contributed by atoms with E-state index in [1.54, 1.807) is 12.3 Å². The highest BCUT2D eigenvalue weighted by Gasteiger charge is 2.31. The van der Waals surface area contributed by atoms with Gasteiger partial charge in [0.25, 0.3) is 0 Å². The second-order valence-corrected chi connectivity index (χ2v) is 4.02. The van der Waals surface area contributed by atoms with Crippen LogP contribution in [-0.4, -0.2) is 22.9 Å². The number of hydrogen-bond acceptors (Lipinski definition) is 5. The van der Waals surface area contributed by atoms with Crippen LogP contribution in [0.25, 0.3) is 0 Å². The summed E-state index contributed by atoms with van der Waals surface area (Å²) in [4.78, 5) is 8.20. The Morgan fingerprint density at radius 1 is 1.19 bits per heavy atom. The molecular formula is C13H13F3N4O. The van der Waals surface area contributed by atoms with Crippen molar-refractivity contribution < 1.29 is 17.9 Å². The molecule has 0 spiro atoms. The summed E-state index contributed by atoms with van der Waals surface area (Å²) in [7, 11) is 0. The van der Waals surface area contributed by atoms with Gasteiger partial charge in [-0.1, -0.05) is 6.07 Å². The van der Waals surface area contributed by atoms with Crippen LogP contribution in [0, 0.1) is 0 Å². The highest BCUT2D eigenvalue weighted by atomic mass is 19.4. The largest absolute Gasteiger partial charge is 0.573 e. The Balaban J connectivity index is 2.12. The highest BCUT2D eigenvalue weighted by molar-refractivity contribution is 5.58. The van der Waals surface area contributed by atoms with E-state index in [0.717, 1.165) is 0 Å². The molecule has 0 saturated heterocycles. The lowest BCUT2D eigenvalue weighted by atomic mass is 10.3. The van der Waals surface area contributed by atoms with Gasteiger partial charge in [0.05, 0.1) is 12.4 Å². The van der Waals surface area contributed by atoms with Crippen molar-refractivity contribution in [1.82, 2.24) is 9.97 Å². The average Bonchev–Trinajstić information content (AvgIpc) is 2.38. The molecule has 0 bridgehead atoms. The Bertz CT molecular complexity index is 604. The summed E-state index contributed by atoms with van der Waals surface area (Å²) >= 11 is 0. The highest BCUT2D eigenvalue weighted by Crippen LogP contribution is 2.26. The summed E-state index contributed by atoms with van der Waals surface area (Å²) in [6.45, 7) is 2.60. The molecule has 2 aromatic rings. The molecule has 21 heavy (non-hydrogen) atoms. The lowest BCUT2D eigenvalue weighted by Crippen LogP contribution is -2.17. The standard InChI is InChI=1S/C13H13F3N4O/c1-2-18-11-7-17-8-12(20-11)19-9-4-3-5-10(6-9)21-13(14,15)16/h3-8H,2H2,1H3,(H2,18,19,20). The maximum atomic E-state index is 12.2. The first-order chi connectivity index (χ1) is 9.96. The SMILES string of the molecule is CCNc1cncc(Nc2cccc(OC(F)(F)F)c2)n1. The van der Waals surface area contributed by atoms with Crippen LogP contribution in [0.2, 0.25) is 0 Å². The number of benzene rings is 1. The summed E-state index contributed by atoms with van der Waals surface area (Å²) in [6.07, 6.45) is -1.70. The summed E-state index contributed by atoms with van der Waals surface area (Å²) in [5.74, 6) is 0.686. The number of rotatable bonds is 5. The van der Waals surface area contributed by atoms with Crippen LogP contribution in [0.5, 0.6) is 5.75 Å². The van der Waals surface area contributed by atoms with E-state index in [-0.39, 0.29) is 5.75 Å². The number of ether oxygens (including phenoxy) is 1. The van der Waals surface area contributed by atoms with Gasteiger partial charge in [-0.15, -0.1) is 13.2 Å². The summed E-state index contributed by atoms with van der Waals surface area (Å²) in [6, 6.07) is 5.50. The van der Waals surface area contributed by atoms with Gasteiger partial charge >= 0.3 is 6.36 Å². The molecule has 0 atom stereocenters. The Morgan fingerprint density at radius 2 is 1.95 bits per heavy atom. The van der Waals surface area contributed by atoms with E-state index in [9.17, 15) is 13.2 Å². The minimum atomic E-state index is -4.72. The lowest BCUT2D eigenvalue weighted by molar-refractivity contribution is -0.274. The number of anilines is 3. The smallest absolute Gasteiger partial charge is 0.406 e. The van der Waals surface area contributed by atoms with Crippen LogP contribution in [0.15, 0.2) is 36.7 Å². The van der Waals surface area contributed by atoms with Gasteiger partial charge in [-0.25, -0.2) is 4.98 Å². The van der Waals surface area contributed by atoms with Crippen molar-refractivity contribution in [2.45, 2.75) is 13.3 Å². The number of halogens is 3. The fourth-order valence-electron chi connectivity index (χ4n) is 1.61. The van der Waals surface area contributed by atoms with Crippen molar-refractivity contribution in [2.75, 3.05) is 17.2 Å². The Kier molecular flexibility index (Phi) is 4.46. The predicted molar refractivity (Wildman–Crippen MR) is 72.6 cm³/mol. The van der Waals surface area contributed by atoms with Crippen LogP contribution >= 0.6 is 0 Å². The van der Waals surface area contributed by atoms with E-state index in [2.05, 4.69) is 25.3 Å². The van der Waals surface area contributed by atoms with E-state index >= 15 is 0 Å². The summed E-state index contributed by atoms with van der Waals surface area (Å²) in [5, 5.41) is 5.86. The van der Waals surface area contributed by atoms with Crippen molar-refractivity contribution in [1.29, 1.82) is 0 Å². The fourth-order valence-corrected chi connectivity index (χ4v) is 1.61.